The van der Waals surface area contributed by atoms with Crippen LogP contribution >= 0.6 is 0 Å². The minimum absolute atomic E-state index is 0.00537. The average molecular weight is 288 g/mol. The predicted octanol–water partition coefficient (Wildman–Crippen LogP) is 2.70. The van der Waals surface area contributed by atoms with Crippen molar-refractivity contribution in [3.8, 4) is 0 Å². The molecule has 2 aliphatic rings. The largest absolute Gasteiger partial charge is 0.349 e. The third-order valence-corrected chi connectivity index (χ3v) is 4.69. The summed E-state index contributed by atoms with van der Waals surface area (Å²) in [4.78, 5) is 22.6. The van der Waals surface area contributed by atoms with Gasteiger partial charge in [0.1, 0.15) is 5.92 Å². The van der Waals surface area contributed by atoms with E-state index in [1.165, 1.54) is 12.8 Å². The summed E-state index contributed by atoms with van der Waals surface area (Å²) in [5, 5.41) is 13.8. The molecular formula is C16H20N2O3. The summed E-state index contributed by atoms with van der Waals surface area (Å²) < 4.78 is 0. The maximum Gasteiger partial charge on any atom is 0.230 e. The molecule has 2 saturated carbocycles. The summed E-state index contributed by atoms with van der Waals surface area (Å²) in [5.74, 6) is -0.144. The number of amides is 1. The summed E-state index contributed by atoms with van der Waals surface area (Å²) >= 11 is 0. The Morgan fingerprint density at radius 1 is 1.24 bits per heavy atom. The standard InChI is InChI=1S/C16H20N2O3/c19-16(13-10-14(13)18(20)21)17-15(12-8-4-5-9-12)11-6-2-1-3-7-11/h1-3,6-7,12-15H,4-5,8-10H2,(H,17,19). The highest BCUT2D eigenvalue weighted by atomic mass is 16.6. The maximum absolute atomic E-state index is 12.2. The van der Waals surface area contributed by atoms with Crippen LogP contribution in [0.2, 0.25) is 0 Å². The number of nitro groups is 1. The minimum atomic E-state index is -0.676. The van der Waals surface area contributed by atoms with Crippen molar-refractivity contribution >= 4 is 5.91 Å². The first-order valence-electron chi connectivity index (χ1n) is 7.65. The van der Waals surface area contributed by atoms with Crippen molar-refractivity contribution in [2.24, 2.45) is 11.8 Å². The van der Waals surface area contributed by atoms with Crippen LogP contribution in [-0.2, 0) is 4.79 Å². The van der Waals surface area contributed by atoms with Crippen LogP contribution in [0.15, 0.2) is 30.3 Å². The van der Waals surface area contributed by atoms with E-state index in [1.807, 2.05) is 30.3 Å². The fraction of sp³-hybridized carbons (Fsp3) is 0.562. The fourth-order valence-electron chi connectivity index (χ4n) is 3.38. The van der Waals surface area contributed by atoms with Crippen molar-refractivity contribution in [3.05, 3.63) is 46.0 Å². The van der Waals surface area contributed by atoms with Gasteiger partial charge in [-0.3, -0.25) is 14.9 Å². The van der Waals surface area contributed by atoms with E-state index >= 15 is 0 Å². The fourth-order valence-corrected chi connectivity index (χ4v) is 3.38. The van der Waals surface area contributed by atoms with E-state index in [0.29, 0.717) is 12.3 Å². The Morgan fingerprint density at radius 3 is 2.48 bits per heavy atom. The van der Waals surface area contributed by atoms with Crippen molar-refractivity contribution in [1.29, 1.82) is 0 Å². The average Bonchev–Trinajstić information content (AvgIpc) is 3.13. The smallest absolute Gasteiger partial charge is 0.230 e. The van der Waals surface area contributed by atoms with E-state index < -0.39 is 12.0 Å². The monoisotopic (exact) mass is 288 g/mol. The minimum Gasteiger partial charge on any atom is -0.349 e. The van der Waals surface area contributed by atoms with Gasteiger partial charge in [-0.25, -0.2) is 0 Å². The molecule has 0 heterocycles. The molecule has 1 aromatic rings. The topological polar surface area (TPSA) is 72.2 Å². The van der Waals surface area contributed by atoms with Gasteiger partial charge in [0, 0.05) is 11.3 Å². The van der Waals surface area contributed by atoms with Crippen LogP contribution < -0.4 is 5.32 Å². The summed E-state index contributed by atoms with van der Waals surface area (Å²) in [7, 11) is 0. The molecule has 5 heteroatoms. The molecule has 0 aromatic heterocycles. The first kappa shape index (κ1) is 14.0. The van der Waals surface area contributed by atoms with Gasteiger partial charge >= 0.3 is 0 Å². The number of nitrogens with zero attached hydrogens (tertiary/aromatic N) is 1. The number of carbonyl (C=O) groups excluding carboxylic acids is 1. The Labute approximate surface area is 123 Å². The van der Waals surface area contributed by atoms with Crippen molar-refractivity contribution < 1.29 is 9.72 Å². The third-order valence-electron chi connectivity index (χ3n) is 4.69. The van der Waals surface area contributed by atoms with E-state index in [0.717, 1.165) is 18.4 Å². The molecular weight excluding hydrogens is 268 g/mol. The molecule has 2 fully saturated rings. The predicted molar refractivity (Wildman–Crippen MR) is 78.2 cm³/mol. The molecule has 2 aliphatic carbocycles. The van der Waals surface area contributed by atoms with Gasteiger partial charge in [0.05, 0.1) is 6.04 Å². The number of carbonyl (C=O) groups is 1. The lowest BCUT2D eigenvalue weighted by atomic mass is 9.91. The highest BCUT2D eigenvalue weighted by Gasteiger charge is 2.53. The second-order valence-electron chi connectivity index (χ2n) is 6.14. The molecule has 3 unspecified atom stereocenters. The molecule has 0 aliphatic heterocycles. The van der Waals surface area contributed by atoms with E-state index in [1.54, 1.807) is 0 Å². The van der Waals surface area contributed by atoms with Gasteiger partial charge in [-0.1, -0.05) is 43.2 Å². The van der Waals surface area contributed by atoms with Crippen LogP contribution in [0.3, 0.4) is 0 Å². The number of nitrogens with one attached hydrogen (secondary N) is 1. The molecule has 0 bridgehead atoms. The van der Waals surface area contributed by atoms with Gasteiger partial charge in [-0.2, -0.15) is 0 Å². The van der Waals surface area contributed by atoms with Gasteiger partial charge in [0.2, 0.25) is 11.9 Å². The lowest BCUT2D eigenvalue weighted by Crippen LogP contribution is -2.34. The van der Waals surface area contributed by atoms with Crippen LogP contribution in [0.1, 0.15) is 43.7 Å². The zero-order chi connectivity index (χ0) is 14.8. The second kappa shape index (κ2) is 5.84. The normalized spacial score (nSPS) is 26.3. The number of rotatable bonds is 5. The Kier molecular flexibility index (Phi) is 3.90. The quantitative estimate of drug-likeness (QED) is 0.669. The van der Waals surface area contributed by atoms with E-state index in [2.05, 4.69) is 5.32 Å². The molecule has 112 valence electrons. The molecule has 3 rings (SSSR count). The van der Waals surface area contributed by atoms with Gasteiger partial charge < -0.3 is 5.32 Å². The molecule has 1 N–H and O–H groups in total. The maximum atomic E-state index is 12.2. The number of hydrogen-bond acceptors (Lipinski definition) is 3. The van der Waals surface area contributed by atoms with Crippen LogP contribution in [0.25, 0.3) is 0 Å². The van der Waals surface area contributed by atoms with E-state index in [9.17, 15) is 14.9 Å². The highest BCUT2D eigenvalue weighted by molar-refractivity contribution is 5.82. The Bertz CT molecular complexity index is 526. The molecule has 1 amide bonds. The second-order valence-corrected chi connectivity index (χ2v) is 6.14. The molecule has 1 aromatic carbocycles. The summed E-state index contributed by atoms with van der Waals surface area (Å²) in [5.41, 5.74) is 1.11. The van der Waals surface area contributed by atoms with E-state index in [-0.39, 0.29) is 16.9 Å². The lowest BCUT2D eigenvalue weighted by molar-refractivity contribution is -0.497. The number of hydrogen-bond donors (Lipinski definition) is 1. The van der Waals surface area contributed by atoms with Crippen molar-refractivity contribution in [3.63, 3.8) is 0 Å². The van der Waals surface area contributed by atoms with Crippen LogP contribution in [0.4, 0.5) is 0 Å². The Balaban J connectivity index is 1.71. The van der Waals surface area contributed by atoms with Crippen LogP contribution in [0.5, 0.6) is 0 Å². The van der Waals surface area contributed by atoms with Crippen molar-refractivity contribution in [2.75, 3.05) is 0 Å². The zero-order valence-electron chi connectivity index (χ0n) is 11.9. The van der Waals surface area contributed by atoms with Crippen LogP contribution in [-0.4, -0.2) is 16.9 Å². The van der Waals surface area contributed by atoms with Crippen molar-refractivity contribution in [1.82, 2.24) is 5.32 Å². The Hall–Kier alpha value is -1.91. The summed E-state index contributed by atoms with van der Waals surface area (Å²) in [6.07, 6.45) is 5.01. The zero-order valence-corrected chi connectivity index (χ0v) is 11.9. The van der Waals surface area contributed by atoms with Gasteiger partial charge in [-0.15, -0.1) is 0 Å². The van der Waals surface area contributed by atoms with Crippen molar-refractivity contribution in [2.45, 2.75) is 44.2 Å². The Morgan fingerprint density at radius 2 is 1.90 bits per heavy atom. The SMILES string of the molecule is O=C(NC(c1ccccc1)C1CCCC1)C1CC1[N+](=O)[O-]. The summed E-state index contributed by atoms with van der Waals surface area (Å²) in [6.45, 7) is 0. The molecule has 21 heavy (non-hydrogen) atoms. The highest BCUT2D eigenvalue weighted by Crippen LogP contribution is 2.38. The molecule has 0 saturated heterocycles. The summed E-state index contributed by atoms with van der Waals surface area (Å²) in [6, 6.07) is 9.28. The molecule has 0 radical (unpaired) electrons. The number of benzene rings is 1. The molecule has 0 spiro atoms. The first-order chi connectivity index (χ1) is 10.2. The van der Waals surface area contributed by atoms with Crippen LogP contribution in [0, 0.1) is 22.0 Å². The van der Waals surface area contributed by atoms with E-state index in [4.69, 9.17) is 0 Å². The lowest BCUT2D eigenvalue weighted by Gasteiger charge is -2.25. The first-order valence-corrected chi connectivity index (χ1v) is 7.65. The third kappa shape index (κ3) is 3.06. The van der Waals surface area contributed by atoms with Gasteiger partial charge in [0.15, 0.2) is 0 Å². The molecule has 3 atom stereocenters. The molecule has 5 nitrogen and oxygen atoms in total. The van der Waals surface area contributed by atoms with Gasteiger partial charge in [0.25, 0.3) is 0 Å². The van der Waals surface area contributed by atoms with Gasteiger partial charge in [-0.05, 0) is 24.3 Å².